The van der Waals surface area contributed by atoms with Crippen LogP contribution in [0, 0.1) is 11.7 Å². The number of rotatable bonds is 10. The molecular formula is C33H44FN5O7. The largest absolute Gasteiger partial charge is 0.467 e. The molecule has 1 saturated heterocycles. The first-order valence-corrected chi connectivity index (χ1v) is 15.5. The van der Waals surface area contributed by atoms with Gasteiger partial charge in [0.1, 0.15) is 23.9 Å². The highest BCUT2D eigenvalue weighted by Crippen LogP contribution is 2.14. The van der Waals surface area contributed by atoms with Gasteiger partial charge in [-0.3, -0.25) is 14.4 Å². The van der Waals surface area contributed by atoms with Crippen LogP contribution in [0.25, 0.3) is 0 Å². The third-order valence-electron chi connectivity index (χ3n) is 7.72. The second kappa shape index (κ2) is 17.8. The van der Waals surface area contributed by atoms with E-state index in [2.05, 4.69) is 26.6 Å². The zero-order valence-electron chi connectivity index (χ0n) is 26.4. The highest BCUT2D eigenvalue weighted by molar-refractivity contribution is 5.93. The van der Waals surface area contributed by atoms with Crippen LogP contribution in [0.15, 0.2) is 54.6 Å². The maximum absolute atomic E-state index is 13.9. The molecule has 0 unspecified atom stereocenters. The number of halogens is 1. The molecule has 6 N–H and O–H groups in total. The summed E-state index contributed by atoms with van der Waals surface area (Å²) in [5, 5.41) is 24.4. The van der Waals surface area contributed by atoms with E-state index in [1.165, 1.54) is 25.3 Å². The van der Waals surface area contributed by atoms with Crippen molar-refractivity contribution in [3.05, 3.63) is 71.5 Å². The molecule has 1 fully saturated rings. The molecule has 13 heteroatoms. The maximum Gasteiger partial charge on any atom is 0.328 e. The number of nitrogens with one attached hydrogen (secondary N) is 5. The number of amides is 5. The lowest BCUT2D eigenvalue weighted by Crippen LogP contribution is -2.59. The molecule has 0 bridgehead atoms. The third-order valence-corrected chi connectivity index (χ3v) is 7.72. The molecule has 0 radical (unpaired) electrons. The average molecular weight is 642 g/mol. The van der Waals surface area contributed by atoms with E-state index in [-0.39, 0.29) is 37.5 Å². The van der Waals surface area contributed by atoms with Gasteiger partial charge < -0.3 is 36.4 Å². The topological polar surface area (TPSA) is 175 Å². The number of carbonyl (C=O) groups is 5. The molecule has 2 aromatic rings. The van der Waals surface area contributed by atoms with Crippen LogP contribution < -0.4 is 26.6 Å². The predicted octanol–water partition coefficient (Wildman–Crippen LogP) is 1.50. The van der Waals surface area contributed by atoms with E-state index in [4.69, 9.17) is 4.74 Å². The number of benzene rings is 2. The van der Waals surface area contributed by atoms with Gasteiger partial charge in [0.2, 0.25) is 17.7 Å². The fraction of sp³-hybridized carbons (Fsp3) is 0.485. The number of aliphatic hydroxyl groups is 1. The fourth-order valence-electron chi connectivity index (χ4n) is 5.16. The van der Waals surface area contributed by atoms with Gasteiger partial charge in [0, 0.05) is 13.0 Å². The van der Waals surface area contributed by atoms with E-state index < -0.39 is 59.9 Å². The second-order valence-corrected chi connectivity index (χ2v) is 11.7. The van der Waals surface area contributed by atoms with Gasteiger partial charge in [-0.15, -0.1) is 0 Å². The number of methoxy groups -OCH3 is 1. The molecule has 0 aromatic heterocycles. The molecule has 12 nitrogen and oxygen atoms in total. The van der Waals surface area contributed by atoms with Crippen molar-refractivity contribution in [2.24, 2.45) is 5.92 Å². The number of aliphatic hydroxyl groups excluding tert-OH is 1. The summed E-state index contributed by atoms with van der Waals surface area (Å²) in [6, 6.07) is 9.83. The Labute approximate surface area is 268 Å². The SMILES string of the molecule is COC(=O)[C@@H](NC(=O)N[C@H](Cc1ccccc1)C(=O)N[C@@H]1CCCCNC(=O)C[C@@H](O)[C@H](Cc2cccc(F)c2)NC1=O)C(C)C. The summed E-state index contributed by atoms with van der Waals surface area (Å²) >= 11 is 0. The molecule has 250 valence electrons. The van der Waals surface area contributed by atoms with E-state index in [1.807, 2.05) is 6.07 Å². The summed E-state index contributed by atoms with van der Waals surface area (Å²) in [7, 11) is 1.21. The third kappa shape index (κ3) is 11.4. The minimum absolute atomic E-state index is 0.0359. The van der Waals surface area contributed by atoms with Crippen molar-refractivity contribution in [3.8, 4) is 0 Å². The Hall–Kier alpha value is -4.52. The van der Waals surface area contributed by atoms with Gasteiger partial charge in [-0.25, -0.2) is 14.0 Å². The smallest absolute Gasteiger partial charge is 0.328 e. The van der Waals surface area contributed by atoms with E-state index in [9.17, 15) is 33.5 Å². The minimum Gasteiger partial charge on any atom is -0.467 e. The lowest BCUT2D eigenvalue weighted by Gasteiger charge is -2.29. The van der Waals surface area contributed by atoms with Crippen molar-refractivity contribution in [2.75, 3.05) is 13.7 Å². The van der Waals surface area contributed by atoms with Crippen molar-refractivity contribution < 1.29 is 38.2 Å². The zero-order chi connectivity index (χ0) is 33.6. The van der Waals surface area contributed by atoms with Gasteiger partial charge in [-0.2, -0.15) is 0 Å². The van der Waals surface area contributed by atoms with Crippen LogP contribution in [-0.2, 0) is 36.8 Å². The Balaban J connectivity index is 1.82. The molecule has 3 rings (SSSR count). The average Bonchev–Trinajstić information content (AvgIpc) is 3.01. The number of esters is 1. The summed E-state index contributed by atoms with van der Waals surface area (Å²) in [4.78, 5) is 64.9. The van der Waals surface area contributed by atoms with Crippen LogP contribution in [0.4, 0.5) is 9.18 Å². The molecule has 1 heterocycles. The van der Waals surface area contributed by atoms with Crippen LogP contribution in [-0.4, -0.2) is 78.8 Å². The van der Waals surface area contributed by atoms with Crippen molar-refractivity contribution in [1.82, 2.24) is 26.6 Å². The first-order chi connectivity index (χ1) is 22.0. The summed E-state index contributed by atoms with van der Waals surface area (Å²) in [5.74, 6) is -3.02. The molecule has 2 aromatic carbocycles. The molecular weight excluding hydrogens is 597 g/mol. The van der Waals surface area contributed by atoms with Gasteiger partial charge in [0.15, 0.2) is 0 Å². The Kier molecular flexibility index (Phi) is 13.9. The van der Waals surface area contributed by atoms with E-state index >= 15 is 0 Å². The van der Waals surface area contributed by atoms with Crippen molar-refractivity contribution >= 4 is 29.7 Å². The van der Waals surface area contributed by atoms with Gasteiger partial charge in [-0.1, -0.05) is 56.3 Å². The molecule has 5 amide bonds. The Morgan fingerprint density at radius 1 is 1.02 bits per heavy atom. The van der Waals surface area contributed by atoms with Crippen LogP contribution >= 0.6 is 0 Å². The van der Waals surface area contributed by atoms with Crippen molar-refractivity contribution in [1.29, 1.82) is 0 Å². The van der Waals surface area contributed by atoms with Crippen LogP contribution in [0.3, 0.4) is 0 Å². The van der Waals surface area contributed by atoms with Gasteiger partial charge in [0.25, 0.3) is 0 Å². The normalized spacial score (nSPS) is 20.5. The highest BCUT2D eigenvalue weighted by atomic mass is 19.1. The summed E-state index contributed by atoms with van der Waals surface area (Å²) < 4.78 is 18.7. The maximum atomic E-state index is 13.9. The summed E-state index contributed by atoms with van der Waals surface area (Å²) in [5.41, 5.74) is 1.25. The first-order valence-electron chi connectivity index (χ1n) is 15.5. The number of hydrogen-bond donors (Lipinski definition) is 6. The van der Waals surface area contributed by atoms with E-state index in [0.29, 0.717) is 24.9 Å². The minimum atomic E-state index is -1.29. The molecule has 0 spiro atoms. The summed E-state index contributed by atoms with van der Waals surface area (Å²) in [6.07, 6.45) is -0.242. The Bertz CT molecular complexity index is 1340. The van der Waals surface area contributed by atoms with Crippen LogP contribution in [0.5, 0.6) is 0 Å². The monoisotopic (exact) mass is 641 g/mol. The van der Waals surface area contributed by atoms with E-state index in [0.717, 1.165) is 5.56 Å². The van der Waals surface area contributed by atoms with Gasteiger partial charge in [-0.05, 0) is 54.9 Å². The molecule has 5 atom stereocenters. The number of carbonyl (C=O) groups excluding carboxylic acids is 5. The molecule has 46 heavy (non-hydrogen) atoms. The van der Waals surface area contributed by atoms with Crippen LogP contribution in [0.2, 0.25) is 0 Å². The Morgan fingerprint density at radius 3 is 2.41 bits per heavy atom. The molecule has 1 aliphatic heterocycles. The second-order valence-electron chi connectivity index (χ2n) is 11.7. The fourth-order valence-corrected chi connectivity index (χ4v) is 5.16. The standard InChI is InChI=1S/C33H44FN5O7/c1-20(2)29(32(44)46-3)39-33(45)38-26(17-21-10-5-4-6-11-21)31(43)36-24-14-7-8-15-35-28(41)19-27(40)25(37-30(24)42)18-22-12-9-13-23(34)16-22/h4-6,9-13,16,20,24-27,29,40H,7-8,14-15,17-19H2,1-3H3,(H,35,41)(H,36,43)(H,37,42)(H2,38,39,45)/t24-,25+,26-,27-,29+/m1/s1. The quantitative estimate of drug-likeness (QED) is 0.213. The number of urea groups is 1. The number of ether oxygens (including phenoxy) is 1. The molecule has 0 saturated carbocycles. The molecule has 1 aliphatic rings. The van der Waals surface area contributed by atoms with Gasteiger partial charge >= 0.3 is 12.0 Å². The van der Waals surface area contributed by atoms with Crippen molar-refractivity contribution in [3.63, 3.8) is 0 Å². The zero-order valence-corrected chi connectivity index (χ0v) is 26.4. The van der Waals surface area contributed by atoms with Gasteiger partial charge in [0.05, 0.1) is 25.7 Å². The first kappa shape index (κ1) is 36.0. The number of hydrogen-bond acceptors (Lipinski definition) is 7. The predicted molar refractivity (Wildman–Crippen MR) is 168 cm³/mol. The molecule has 0 aliphatic carbocycles. The highest BCUT2D eigenvalue weighted by Gasteiger charge is 2.32. The lowest BCUT2D eigenvalue weighted by atomic mass is 9.97. The Morgan fingerprint density at radius 2 is 1.74 bits per heavy atom. The summed E-state index contributed by atoms with van der Waals surface area (Å²) in [6.45, 7) is 3.79. The lowest BCUT2D eigenvalue weighted by molar-refractivity contribution is -0.144. The van der Waals surface area contributed by atoms with E-state index in [1.54, 1.807) is 44.2 Å². The van der Waals surface area contributed by atoms with Crippen LogP contribution in [0.1, 0.15) is 50.7 Å². The van der Waals surface area contributed by atoms with Crippen molar-refractivity contribution in [2.45, 2.75) is 82.6 Å².